The Morgan fingerprint density at radius 2 is 2.26 bits per heavy atom. The Balaban J connectivity index is 1.90. The highest BCUT2D eigenvalue weighted by molar-refractivity contribution is 7.11. The fraction of sp³-hybridized carbons (Fsp3) is 0.286. The number of aryl methyl sites for hydroxylation is 1. The van der Waals surface area contributed by atoms with Crippen LogP contribution in [0.5, 0.6) is 0 Å². The molecule has 98 valence electrons. The molecule has 0 aliphatic heterocycles. The SMILES string of the molecule is CCc1cnc(CNCc2ccc(F)c(C#N)c2)s1. The summed E-state index contributed by atoms with van der Waals surface area (Å²) in [7, 11) is 0. The van der Waals surface area contributed by atoms with Crippen molar-refractivity contribution in [3.63, 3.8) is 0 Å². The van der Waals surface area contributed by atoms with Crippen LogP contribution in [0.15, 0.2) is 24.4 Å². The van der Waals surface area contributed by atoms with Gasteiger partial charge in [-0.2, -0.15) is 5.26 Å². The number of nitriles is 1. The van der Waals surface area contributed by atoms with Gasteiger partial charge in [0.1, 0.15) is 16.9 Å². The van der Waals surface area contributed by atoms with E-state index in [4.69, 9.17) is 5.26 Å². The van der Waals surface area contributed by atoms with Crippen molar-refractivity contribution >= 4 is 11.3 Å². The molecule has 2 rings (SSSR count). The monoisotopic (exact) mass is 275 g/mol. The first-order chi connectivity index (χ1) is 9.22. The molecule has 0 unspecified atom stereocenters. The normalized spacial score (nSPS) is 10.4. The zero-order valence-electron chi connectivity index (χ0n) is 10.6. The maximum Gasteiger partial charge on any atom is 0.140 e. The lowest BCUT2D eigenvalue weighted by molar-refractivity contribution is 0.621. The Morgan fingerprint density at radius 3 is 2.95 bits per heavy atom. The van der Waals surface area contributed by atoms with Crippen molar-refractivity contribution in [1.29, 1.82) is 5.26 Å². The topological polar surface area (TPSA) is 48.7 Å². The van der Waals surface area contributed by atoms with Gasteiger partial charge in [-0.1, -0.05) is 13.0 Å². The van der Waals surface area contributed by atoms with Crippen molar-refractivity contribution in [3.05, 3.63) is 51.2 Å². The van der Waals surface area contributed by atoms with Gasteiger partial charge in [0.05, 0.1) is 5.56 Å². The molecule has 2 aromatic rings. The van der Waals surface area contributed by atoms with Crippen LogP contribution in [0.3, 0.4) is 0 Å². The van der Waals surface area contributed by atoms with Gasteiger partial charge in [-0.3, -0.25) is 0 Å². The number of rotatable bonds is 5. The minimum atomic E-state index is -0.473. The van der Waals surface area contributed by atoms with E-state index in [-0.39, 0.29) is 5.56 Å². The van der Waals surface area contributed by atoms with E-state index >= 15 is 0 Å². The number of thiazole rings is 1. The molecule has 5 heteroatoms. The first-order valence-electron chi connectivity index (χ1n) is 6.05. The van der Waals surface area contributed by atoms with Gasteiger partial charge in [0.15, 0.2) is 0 Å². The minimum Gasteiger partial charge on any atom is -0.306 e. The molecular weight excluding hydrogens is 261 g/mol. The quantitative estimate of drug-likeness (QED) is 0.912. The molecule has 1 heterocycles. The van der Waals surface area contributed by atoms with Crippen LogP contribution in [0.2, 0.25) is 0 Å². The van der Waals surface area contributed by atoms with Crippen molar-refractivity contribution in [1.82, 2.24) is 10.3 Å². The van der Waals surface area contributed by atoms with Gasteiger partial charge in [0.2, 0.25) is 0 Å². The van der Waals surface area contributed by atoms with Crippen molar-refractivity contribution in [3.8, 4) is 6.07 Å². The number of aromatic nitrogens is 1. The first kappa shape index (κ1) is 13.7. The van der Waals surface area contributed by atoms with E-state index in [1.165, 1.54) is 10.9 Å². The summed E-state index contributed by atoms with van der Waals surface area (Å²) in [5, 5.41) is 13.0. The fourth-order valence-corrected chi connectivity index (χ4v) is 2.51. The van der Waals surface area contributed by atoms with E-state index in [0.29, 0.717) is 13.1 Å². The van der Waals surface area contributed by atoms with Gasteiger partial charge in [-0.25, -0.2) is 9.37 Å². The van der Waals surface area contributed by atoms with E-state index in [9.17, 15) is 4.39 Å². The molecule has 0 fully saturated rings. The van der Waals surface area contributed by atoms with E-state index in [1.807, 2.05) is 12.3 Å². The number of nitrogens with zero attached hydrogens (tertiary/aromatic N) is 2. The number of benzene rings is 1. The Bertz CT molecular complexity index is 601. The van der Waals surface area contributed by atoms with Crippen LogP contribution in [-0.2, 0) is 19.5 Å². The molecule has 0 aliphatic rings. The van der Waals surface area contributed by atoms with Crippen LogP contribution in [0.25, 0.3) is 0 Å². The second-order valence-corrected chi connectivity index (χ2v) is 5.30. The summed E-state index contributed by atoms with van der Waals surface area (Å²) in [6.07, 6.45) is 2.90. The van der Waals surface area contributed by atoms with Crippen LogP contribution >= 0.6 is 11.3 Å². The number of nitrogens with one attached hydrogen (secondary N) is 1. The van der Waals surface area contributed by atoms with Crippen molar-refractivity contribution in [2.75, 3.05) is 0 Å². The molecule has 1 aromatic carbocycles. The molecule has 1 N–H and O–H groups in total. The number of hydrogen-bond donors (Lipinski definition) is 1. The maximum absolute atomic E-state index is 13.1. The minimum absolute atomic E-state index is 0.0850. The summed E-state index contributed by atoms with van der Waals surface area (Å²) in [4.78, 5) is 5.58. The van der Waals surface area contributed by atoms with Crippen LogP contribution in [-0.4, -0.2) is 4.98 Å². The Morgan fingerprint density at radius 1 is 1.42 bits per heavy atom. The molecular formula is C14H14FN3S. The molecule has 0 saturated carbocycles. The highest BCUT2D eigenvalue weighted by atomic mass is 32.1. The molecule has 19 heavy (non-hydrogen) atoms. The number of hydrogen-bond acceptors (Lipinski definition) is 4. The number of halogens is 1. The Kier molecular flexibility index (Phi) is 4.61. The fourth-order valence-electron chi connectivity index (χ4n) is 1.68. The van der Waals surface area contributed by atoms with E-state index in [0.717, 1.165) is 17.0 Å². The Labute approximate surface area is 115 Å². The van der Waals surface area contributed by atoms with Crippen LogP contribution in [0.1, 0.15) is 27.9 Å². The van der Waals surface area contributed by atoms with Crippen LogP contribution in [0, 0.1) is 17.1 Å². The molecule has 0 amide bonds. The molecule has 0 saturated heterocycles. The second kappa shape index (κ2) is 6.41. The lowest BCUT2D eigenvalue weighted by Crippen LogP contribution is -2.12. The zero-order chi connectivity index (χ0) is 13.7. The third-order valence-corrected chi connectivity index (χ3v) is 3.85. The molecule has 0 radical (unpaired) electrons. The summed E-state index contributed by atoms with van der Waals surface area (Å²) >= 11 is 1.69. The summed E-state index contributed by atoms with van der Waals surface area (Å²) in [5.41, 5.74) is 0.979. The predicted molar refractivity (Wildman–Crippen MR) is 73.2 cm³/mol. The van der Waals surface area contributed by atoms with E-state index < -0.39 is 5.82 Å². The van der Waals surface area contributed by atoms with Gasteiger partial charge in [-0.05, 0) is 24.1 Å². The third kappa shape index (κ3) is 3.60. The standard InChI is InChI=1S/C14H14FN3S/c1-2-12-8-18-14(19-12)9-17-7-10-3-4-13(15)11(5-10)6-16/h3-5,8,17H,2,7,9H2,1H3. The summed E-state index contributed by atoms with van der Waals surface area (Å²) in [5.74, 6) is -0.473. The van der Waals surface area contributed by atoms with Gasteiger partial charge >= 0.3 is 0 Å². The largest absolute Gasteiger partial charge is 0.306 e. The van der Waals surface area contributed by atoms with Gasteiger partial charge < -0.3 is 5.32 Å². The second-order valence-electron chi connectivity index (χ2n) is 4.10. The predicted octanol–water partition coefficient (Wildman–Crippen LogP) is 3.01. The van der Waals surface area contributed by atoms with E-state index in [2.05, 4.69) is 17.2 Å². The molecule has 0 aliphatic carbocycles. The van der Waals surface area contributed by atoms with Gasteiger partial charge in [-0.15, -0.1) is 11.3 Å². The average molecular weight is 275 g/mol. The summed E-state index contributed by atoms with van der Waals surface area (Å²) in [6, 6.07) is 6.42. The lowest BCUT2D eigenvalue weighted by atomic mass is 10.1. The lowest BCUT2D eigenvalue weighted by Gasteiger charge is -2.03. The molecule has 0 bridgehead atoms. The van der Waals surface area contributed by atoms with Crippen LogP contribution < -0.4 is 5.32 Å². The molecule has 0 atom stereocenters. The van der Waals surface area contributed by atoms with Crippen LogP contribution in [0.4, 0.5) is 4.39 Å². The van der Waals surface area contributed by atoms with Crippen molar-refractivity contribution < 1.29 is 4.39 Å². The van der Waals surface area contributed by atoms with Crippen molar-refractivity contribution in [2.45, 2.75) is 26.4 Å². The van der Waals surface area contributed by atoms with Crippen molar-refractivity contribution in [2.24, 2.45) is 0 Å². The smallest absolute Gasteiger partial charge is 0.140 e. The molecule has 3 nitrogen and oxygen atoms in total. The van der Waals surface area contributed by atoms with Gasteiger partial charge in [0, 0.05) is 24.2 Å². The average Bonchev–Trinajstić information content (AvgIpc) is 2.88. The first-order valence-corrected chi connectivity index (χ1v) is 6.87. The highest BCUT2D eigenvalue weighted by Gasteiger charge is 2.03. The van der Waals surface area contributed by atoms with Gasteiger partial charge in [0.25, 0.3) is 0 Å². The van der Waals surface area contributed by atoms with E-state index in [1.54, 1.807) is 23.5 Å². The highest BCUT2D eigenvalue weighted by Crippen LogP contribution is 2.13. The molecule has 1 aromatic heterocycles. The maximum atomic E-state index is 13.1. The Hall–Kier alpha value is -1.77. The summed E-state index contributed by atoms with van der Waals surface area (Å²) in [6.45, 7) is 3.38. The summed E-state index contributed by atoms with van der Waals surface area (Å²) < 4.78 is 13.1. The third-order valence-electron chi connectivity index (χ3n) is 2.71. The molecule has 0 spiro atoms. The zero-order valence-corrected chi connectivity index (χ0v) is 11.4.